The zero-order chi connectivity index (χ0) is 15.1. The monoisotopic (exact) mass is 288 g/mol. The van der Waals surface area contributed by atoms with Crippen LogP contribution in [0.25, 0.3) is 0 Å². The van der Waals surface area contributed by atoms with Crippen molar-refractivity contribution in [2.45, 2.75) is 57.5 Å². The van der Waals surface area contributed by atoms with E-state index in [1.165, 1.54) is 17.5 Å². The summed E-state index contributed by atoms with van der Waals surface area (Å²) in [6, 6.07) is 2.14. The third kappa shape index (κ3) is 2.76. The molecule has 3 rings (SSSR count). The van der Waals surface area contributed by atoms with Gasteiger partial charge in [0.15, 0.2) is 0 Å². The molecule has 0 bridgehead atoms. The largest absolute Gasteiger partial charge is 0.444 e. The summed E-state index contributed by atoms with van der Waals surface area (Å²) in [6.07, 6.45) is 8.11. The van der Waals surface area contributed by atoms with E-state index >= 15 is 0 Å². The average Bonchev–Trinajstić information content (AvgIpc) is 2.77. The predicted molar refractivity (Wildman–Crippen MR) is 81.3 cm³/mol. The first-order valence-electron chi connectivity index (χ1n) is 7.81. The minimum atomic E-state index is -0.421. The molecule has 0 N–H and O–H groups in total. The van der Waals surface area contributed by atoms with Crippen molar-refractivity contribution in [1.82, 2.24) is 9.88 Å². The number of aryl methyl sites for hydroxylation is 1. The first-order chi connectivity index (χ1) is 9.90. The minimum Gasteiger partial charge on any atom is -0.444 e. The van der Waals surface area contributed by atoms with Crippen LogP contribution in [0, 0.1) is 0 Å². The number of ether oxygens (including phenoxy) is 1. The molecule has 2 heterocycles. The van der Waals surface area contributed by atoms with Crippen LogP contribution in [0.1, 0.15) is 51.2 Å². The first-order valence-corrected chi connectivity index (χ1v) is 7.81. The molecule has 1 aliphatic carbocycles. The van der Waals surface area contributed by atoms with Crippen LogP contribution in [0.3, 0.4) is 0 Å². The van der Waals surface area contributed by atoms with Gasteiger partial charge in [0.1, 0.15) is 5.60 Å². The van der Waals surface area contributed by atoms with E-state index in [9.17, 15) is 4.79 Å². The summed E-state index contributed by atoms with van der Waals surface area (Å²) >= 11 is 0. The molecule has 114 valence electrons. The maximum atomic E-state index is 12.2. The van der Waals surface area contributed by atoms with Crippen molar-refractivity contribution in [3.63, 3.8) is 0 Å². The molecule has 2 aliphatic rings. The number of carbonyl (C=O) groups excluding carboxylic acids is 1. The van der Waals surface area contributed by atoms with Gasteiger partial charge < -0.3 is 9.64 Å². The Hall–Kier alpha value is -1.58. The topological polar surface area (TPSA) is 42.4 Å². The molecule has 0 unspecified atom stereocenters. The van der Waals surface area contributed by atoms with Crippen LogP contribution < -0.4 is 0 Å². The van der Waals surface area contributed by atoms with E-state index in [4.69, 9.17) is 4.74 Å². The molecule has 0 radical (unpaired) electrons. The highest BCUT2D eigenvalue weighted by Crippen LogP contribution is 2.45. The zero-order valence-electron chi connectivity index (χ0n) is 13.2. The van der Waals surface area contributed by atoms with Crippen molar-refractivity contribution in [3.05, 3.63) is 29.6 Å². The van der Waals surface area contributed by atoms with Crippen LogP contribution in [0.2, 0.25) is 0 Å². The molecule has 1 fully saturated rings. The molecule has 21 heavy (non-hydrogen) atoms. The van der Waals surface area contributed by atoms with Gasteiger partial charge in [-0.05, 0) is 63.6 Å². The minimum absolute atomic E-state index is 0.179. The second-order valence-electron chi connectivity index (χ2n) is 7.28. The predicted octanol–water partition coefficient (Wildman–Crippen LogP) is 3.30. The fourth-order valence-corrected chi connectivity index (χ4v) is 3.59. The zero-order valence-corrected chi connectivity index (χ0v) is 13.2. The molecule has 0 atom stereocenters. The number of fused-ring (bicyclic) bond motifs is 2. The van der Waals surface area contributed by atoms with Gasteiger partial charge in [-0.2, -0.15) is 0 Å². The highest BCUT2D eigenvalue weighted by Gasteiger charge is 2.42. The molecule has 1 amide bonds. The Morgan fingerprint density at radius 3 is 2.67 bits per heavy atom. The Labute approximate surface area is 126 Å². The molecule has 1 aliphatic heterocycles. The third-order valence-electron chi connectivity index (χ3n) is 4.73. The number of likely N-dealkylation sites (tertiary alicyclic amines) is 1. The standard InChI is InChI=1S/C17H24N2O2/c1-16(2,3)21-15(20)19-10-7-17(8-11-19)6-4-13-5-9-18-12-14(13)17/h5,9,12H,4,6-8,10-11H2,1-3H3. The van der Waals surface area contributed by atoms with Crippen molar-refractivity contribution in [2.75, 3.05) is 13.1 Å². The molecule has 1 aromatic rings. The SMILES string of the molecule is CC(C)(C)OC(=O)N1CCC2(CCc3ccncc32)CC1. The van der Waals surface area contributed by atoms with E-state index in [0.29, 0.717) is 0 Å². The van der Waals surface area contributed by atoms with Crippen molar-refractivity contribution in [1.29, 1.82) is 0 Å². The van der Waals surface area contributed by atoms with Gasteiger partial charge in [0, 0.05) is 30.9 Å². The Morgan fingerprint density at radius 1 is 1.29 bits per heavy atom. The summed E-state index contributed by atoms with van der Waals surface area (Å²) in [5.41, 5.74) is 2.67. The number of hydrogen-bond donors (Lipinski definition) is 0. The lowest BCUT2D eigenvalue weighted by atomic mass is 9.74. The van der Waals surface area contributed by atoms with Gasteiger partial charge in [-0.15, -0.1) is 0 Å². The van der Waals surface area contributed by atoms with Crippen LogP contribution in [-0.2, 0) is 16.6 Å². The van der Waals surface area contributed by atoms with Gasteiger partial charge in [0.25, 0.3) is 0 Å². The Balaban J connectivity index is 1.68. The van der Waals surface area contributed by atoms with E-state index in [2.05, 4.69) is 11.1 Å². The van der Waals surface area contributed by atoms with E-state index in [-0.39, 0.29) is 11.5 Å². The van der Waals surface area contributed by atoms with Crippen LogP contribution in [-0.4, -0.2) is 34.7 Å². The van der Waals surface area contributed by atoms with Gasteiger partial charge >= 0.3 is 6.09 Å². The van der Waals surface area contributed by atoms with Crippen molar-refractivity contribution < 1.29 is 9.53 Å². The average molecular weight is 288 g/mol. The number of hydrogen-bond acceptors (Lipinski definition) is 3. The normalized spacial score (nSPS) is 20.4. The number of amides is 1. The highest BCUT2D eigenvalue weighted by atomic mass is 16.6. The fourth-order valence-electron chi connectivity index (χ4n) is 3.59. The van der Waals surface area contributed by atoms with Gasteiger partial charge in [0.2, 0.25) is 0 Å². The smallest absolute Gasteiger partial charge is 0.410 e. The number of nitrogens with zero attached hydrogens (tertiary/aromatic N) is 2. The maximum absolute atomic E-state index is 12.2. The van der Waals surface area contributed by atoms with Gasteiger partial charge in [-0.1, -0.05) is 0 Å². The lowest BCUT2D eigenvalue weighted by Crippen LogP contribution is -2.46. The molecule has 1 spiro atoms. The summed E-state index contributed by atoms with van der Waals surface area (Å²) in [6.45, 7) is 7.30. The van der Waals surface area contributed by atoms with Crippen LogP contribution in [0.4, 0.5) is 4.79 Å². The summed E-state index contributed by atoms with van der Waals surface area (Å²) in [5, 5.41) is 0. The summed E-state index contributed by atoms with van der Waals surface area (Å²) in [5.74, 6) is 0. The van der Waals surface area contributed by atoms with Gasteiger partial charge in [-0.3, -0.25) is 4.98 Å². The van der Waals surface area contributed by atoms with Gasteiger partial charge in [-0.25, -0.2) is 4.79 Å². The first kappa shape index (κ1) is 14.4. The summed E-state index contributed by atoms with van der Waals surface area (Å²) in [4.78, 5) is 18.3. The van der Waals surface area contributed by atoms with Crippen molar-refractivity contribution in [2.24, 2.45) is 0 Å². The van der Waals surface area contributed by atoms with Crippen molar-refractivity contribution >= 4 is 6.09 Å². The van der Waals surface area contributed by atoms with E-state index in [1.807, 2.05) is 38.1 Å². The molecule has 0 saturated carbocycles. The lowest BCUT2D eigenvalue weighted by molar-refractivity contribution is 0.0164. The van der Waals surface area contributed by atoms with Crippen LogP contribution >= 0.6 is 0 Å². The Bertz CT molecular complexity index is 540. The molecule has 1 saturated heterocycles. The molecule has 1 aromatic heterocycles. The summed E-state index contributed by atoms with van der Waals surface area (Å²) in [7, 11) is 0. The second-order valence-corrected chi connectivity index (χ2v) is 7.28. The number of aromatic nitrogens is 1. The van der Waals surface area contributed by atoms with Crippen LogP contribution in [0.5, 0.6) is 0 Å². The van der Waals surface area contributed by atoms with Gasteiger partial charge in [0.05, 0.1) is 0 Å². The summed E-state index contributed by atoms with van der Waals surface area (Å²) < 4.78 is 5.47. The number of piperidine rings is 1. The Morgan fingerprint density at radius 2 is 2.00 bits per heavy atom. The Kier molecular flexibility index (Phi) is 3.42. The highest BCUT2D eigenvalue weighted by molar-refractivity contribution is 5.68. The van der Waals surface area contributed by atoms with E-state index in [0.717, 1.165) is 32.4 Å². The van der Waals surface area contributed by atoms with E-state index < -0.39 is 5.60 Å². The molecule has 4 nitrogen and oxygen atoms in total. The van der Waals surface area contributed by atoms with Crippen molar-refractivity contribution in [3.8, 4) is 0 Å². The quantitative estimate of drug-likeness (QED) is 0.735. The number of rotatable bonds is 0. The maximum Gasteiger partial charge on any atom is 0.410 e. The van der Waals surface area contributed by atoms with Crippen LogP contribution in [0.15, 0.2) is 18.5 Å². The fraction of sp³-hybridized carbons (Fsp3) is 0.647. The van der Waals surface area contributed by atoms with E-state index in [1.54, 1.807) is 0 Å². The molecule has 0 aromatic carbocycles. The number of pyridine rings is 1. The lowest BCUT2D eigenvalue weighted by Gasteiger charge is -2.40. The third-order valence-corrected chi connectivity index (χ3v) is 4.73. The molecular weight excluding hydrogens is 264 g/mol. The number of carbonyl (C=O) groups is 1. The molecule has 4 heteroatoms. The molecular formula is C17H24N2O2. The second kappa shape index (κ2) is 5.00.